The average Bonchev–Trinajstić information content (AvgIpc) is 2.64. The molecule has 0 fully saturated rings. The molecule has 0 aliphatic heterocycles. The van der Waals surface area contributed by atoms with E-state index in [9.17, 15) is 17.6 Å². The van der Waals surface area contributed by atoms with Gasteiger partial charge in [-0.3, -0.25) is 4.79 Å². The number of benzene rings is 2. The topological polar surface area (TPSA) is 57.7 Å². The molecule has 0 saturated heterocycles. The first-order valence-corrected chi connectivity index (χ1v) is 9.83. The Kier molecular flexibility index (Phi) is 6.50. The highest BCUT2D eigenvalue weighted by Gasteiger charge is 2.22. The number of carbonyl (C=O) groups excluding carboxylic acids is 1. The van der Waals surface area contributed by atoms with Crippen molar-refractivity contribution in [2.24, 2.45) is 0 Å². The minimum absolute atomic E-state index is 0.166. The summed E-state index contributed by atoms with van der Waals surface area (Å²) in [5.74, 6) is -0.561. The zero-order valence-corrected chi connectivity index (χ0v) is 16.0. The second-order valence-electron chi connectivity index (χ2n) is 5.90. The maximum Gasteiger partial charge on any atom is 0.253 e. The lowest BCUT2D eigenvalue weighted by Crippen LogP contribution is -2.30. The summed E-state index contributed by atoms with van der Waals surface area (Å²) in [7, 11) is -1.90. The lowest BCUT2D eigenvalue weighted by molar-refractivity contribution is 0.0785. The third-order valence-corrected chi connectivity index (χ3v) is 6.19. The van der Waals surface area contributed by atoms with Crippen molar-refractivity contribution in [1.29, 1.82) is 0 Å². The highest BCUT2D eigenvalue weighted by molar-refractivity contribution is 7.89. The molecule has 0 saturated carbocycles. The molecule has 0 radical (unpaired) electrons. The third-order valence-electron chi connectivity index (χ3n) is 4.12. The number of hydrogen-bond acceptors (Lipinski definition) is 3. The van der Waals surface area contributed by atoms with Crippen LogP contribution in [0, 0.1) is 5.82 Å². The van der Waals surface area contributed by atoms with Gasteiger partial charge in [0, 0.05) is 32.2 Å². The van der Waals surface area contributed by atoms with Crippen LogP contribution in [-0.4, -0.2) is 43.7 Å². The van der Waals surface area contributed by atoms with Crippen LogP contribution in [0.1, 0.15) is 29.8 Å². The fourth-order valence-corrected chi connectivity index (χ4v) is 4.10. The quantitative estimate of drug-likeness (QED) is 0.744. The molecule has 1 amide bonds. The molecule has 140 valence electrons. The van der Waals surface area contributed by atoms with Gasteiger partial charge >= 0.3 is 0 Å². The fraction of sp³-hybridized carbons (Fsp3) is 0.316. The molecule has 0 bridgehead atoms. The van der Waals surface area contributed by atoms with E-state index in [4.69, 9.17) is 0 Å². The van der Waals surface area contributed by atoms with Crippen LogP contribution in [-0.2, 0) is 16.6 Å². The fourth-order valence-electron chi connectivity index (χ4n) is 2.64. The van der Waals surface area contributed by atoms with Gasteiger partial charge in [-0.1, -0.05) is 26.0 Å². The van der Waals surface area contributed by atoms with Crippen molar-refractivity contribution in [2.45, 2.75) is 25.3 Å². The molecule has 0 aliphatic carbocycles. The second kappa shape index (κ2) is 8.42. The van der Waals surface area contributed by atoms with E-state index in [2.05, 4.69) is 0 Å². The zero-order valence-electron chi connectivity index (χ0n) is 15.1. The molecule has 0 spiro atoms. The van der Waals surface area contributed by atoms with Crippen molar-refractivity contribution in [3.8, 4) is 0 Å². The molecule has 0 heterocycles. The van der Waals surface area contributed by atoms with E-state index < -0.39 is 10.0 Å². The van der Waals surface area contributed by atoms with E-state index in [1.165, 1.54) is 45.6 Å². The number of nitrogens with zero attached hydrogens (tertiary/aromatic N) is 2. The molecule has 2 rings (SSSR count). The predicted molar refractivity (Wildman–Crippen MR) is 98.7 cm³/mol. The predicted octanol–water partition coefficient (Wildman–Crippen LogP) is 3.13. The van der Waals surface area contributed by atoms with Gasteiger partial charge in [0.15, 0.2) is 0 Å². The number of carbonyl (C=O) groups is 1. The molecule has 2 aromatic rings. The van der Waals surface area contributed by atoms with Gasteiger partial charge in [0.25, 0.3) is 5.91 Å². The van der Waals surface area contributed by atoms with Crippen LogP contribution in [0.2, 0.25) is 0 Å². The first kappa shape index (κ1) is 20.1. The maximum atomic E-state index is 13.0. The van der Waals surface area contributed by atoms with E-state index >= 15 is 0 Å². The van der Waals surface area contributed by atoms with Gasteiger partial charge in [0.1, 0.15) is 5.82 Å². The van der Waals surface area contributed by atoms with Gasteiger partial charge in [-0.2, -0.15) is 4.31 Å². The summed E-state index contributed by atoms with van der Waals surface area (Å²) in [6.45, 7) is 4.67. The summed E-state index contributed by atoms with van der Waals surface area (Å²) in [4.78, 5) is 14.2. The molecule has 2 aromatic carbocycles. The molecule has 7 heteroatoms. The third kappa shape index (κ3) is 4.47. The van der Waals surface area contributed by atoms with E-state index in [0.29, 0.717) is 25.2 Å². The molecule has 0 N–H and O–H groups in total. The SMILES string of the molecule is CCN(CC)S(=O)(=O)c1ccc(C(=O)N(C)Cc2ccc(F)cc2)cc1. The summed E-state index contributed by atoms with van der Waals surface area (Å²) in [5, 5.41) is 0. The van der Waals surface area contributed by atoms with Crippen molar-refractivity contribution >= 4 is 15.9 Å². The van der Waals surface area contributed by atoms with E-state index in [1.807, 2.05) is 0 Å². The Hall–Kier alpha value is -2.25. The number of sulfonamides is 1. The number of halogens is 1. The zero-order chi connectivity index (χ0) is 19.3. The normalized spacial score (nSPS) is 11.6. The Balaban J connectivity index is 2.14. The summed E-state index contributed by atoms with van der Waals surface area (Å²) in [6, 6.07) is 11.9. The minimum Gasteiger partial charge on any atom is -0.337 e. The first-order valence-electron chi connectivity index (χ1n) is 8.39. The number of hydrogen-bond donors (Lipinski definition) is 0. The summed E-state index contributed by atoms with van der Waals surface area (Å²) < 4.78 is 39.3. The van der Waals surface area contributed by atoms with Gasteiger partial charge in [0.2, 0.25) is 10.0 Å². The highest BCUT2D eigenvalue weighted by atomic mass is 32.2. The van der Waals surface area contributed by atoms with Gasteiger partial charge in [-0.15, -0.1) is 0 Å². The largest absolute Gasteiger partial charge is 0.337 e. The van der Waals surface area contributed by atoms with Crippen LogP contribution in [0.15, 0.2) is 53.4 Å². The molecular formula is C19H23FN2O3S. The van der Waals surface area contributed by atoms with Crippen molar-refractivity contribution in [2.75, 3.05) is 20.1 Å². The van der Waals surface area contributed by atoms with E-state index in [0.717, 1.165) is 5.56 Å². The van der Waals surface area contributed by atoms with Crippen molar-refractivity contribution < 1.29 is 17.6 Å². The summed E-state index contributed by atoms with van der Waals surface area (Å²) in [6.07, 6.45) is 0. The lowest BCUT2D eigenvalue weighted by Gasteiger charge is -2.19. The van der Waals surface area contributed by atoms with Gasteiger partial charge in [0.05, 0.1) is 4.90 Å². The van der Waals surface area contributed by atoms with Crippen LogP contribution in [0.3, 0.4) is 0 Å². The van der Waals surface area contributed by atoms with Gasteiger partial charge < -0.3 is 4.90 Å². The van der Waals surface area contributed by atoms with Crippen LogP contribution < -0.4 is 0 Å². The van der Waals surface area contributed by atoms with Crippen LogP contribution >= 0.6 is 0 Å². The Morgan fingerprint density at radius 2 is 1.50 bits per heavy atom. The molecular weight excluding hydrogens is 355 g/mol. The molecule has 0 aliphatic rings. The van der Waals surface area contributed by atoms with E-state index in [-0.39, 0.29) is 16.6 Å². The monoisotopic (exact) mass is 378 g/mol. The number of amides is 1. The molecule has 0 atom stereocenters. The summed E-state index contributed by atoms with van der Waals surface area (Å²) >= 11 is 0. The molecule has 0 aromatic heterocycles. The number of rotatable bonds is 7. The second-order valence-corrected chi connectivity index (χ2v) is 7.84. The van der Waals surface area contributed by atoms with Crippen molar-refractivity contribution in [3.63, 3.8) is 0 Å². The minimum atomic E-state index is -3.54. The van der Waals surface area contributed by atoms with E-state index in [1.54, 1.807) is 33.0 Å². The Bertz CT molecular complexity index is 845. The highest BCUT2D eigenvalue weighted by Crippen LogP contribution is 2.17. The van der Waals surface area contributed by atoms with Crippen molar-refractivity contribution in [1.82, 2.24) is 9.21 Å². The Morgan fingerprint density at radius 3 is 2.00 bits per heavy atom. The average molecular weight is 378 g/mol. The Morgan fingerprint density at radius 1 is 0.962 bits per heavy atom. The maximum absolute atomic E-state index is 13.0. The molecule has 5 nitrogen and oxygen atoms in total. The first-order chi connectivity index (χ1) is 12.3. The smallest absolute Gasteiger partial charge is 0.253 e. The van der Waals surface area contributed by atoms with Crippen LogP contribution in [0.5, 0.6) is 0 Å². The standard InChI is InChI=1S/C19H23FN2O3S/c1-4-22(5-2)26(24,25)18-12-8-16(9-13-18)19(23)21(3)14-15-6-10-17(20)11-7-15/h6-13H,4-5,14H2,1-3H3. The van der Waals surface area contributed by atoms with Gasteiger partial charge in [-0.05, 0) is 42.0 Å². The molecule has 0 unspecified atom stereocenters. The summed E-state index contributed by atoms with van der Waals surface area (Å²) in [5.41, 5.74) is 1.20. The van der Waals surface area contributed by atoms with Crippen molar-refractivity contribution in [3.05, 3.63) is 65.5 Å². The van der Waals surface area contributed by atoms with Gasteiger partial charge in [-0.25, -0.2) is 12.8 Å². The van der Waals surface area contributed by atoms with Crippen LogP contribution in [0.25, 0.3) is 0 Å². The molecule has 26 heavy (non-hydrogen) atoms. The lowest BCUT2D eigenvalue weighted by atomic mass is 10.1. The van der Waals surface area contributed by atoms with Crippen LogP contribution in [0.4, 0.5) is 4.39 Å². The Labute approximate surface area is 154 Å².